The van der Waals surface area contributed by atoms with Crippen molar-refractivity contribution in [1.29, 1.82) is 0 Å². The highest BCUT2D eigenvalue weighted by Crippen LogP contribution is 2.34. The number of nitrogens with one attached hydrogen (secondary N) is 1. The second-order valence-corrected chi connectivity index (χ2v) is 4.45. The highest BCUT2D eigenvalue weighted by atomic mass is 16.4. The Morgan fingerprint density at radius 2 is 2.44 bits per heavy atom. The summed E-state index contributed by atoms with van der Waals surface area (Å²) >= 11 is 0. The largest absolute Gasteiger partial charge is 0.478 e. The van der Waals surface area contributed by atoms with Crippen molar-refractivity contribution in [2.45, 2.75) is 32.2 Å². The maximum atomic E-state index is 11.0. The van der Waals surface area contributed by atoms with Crippen LogP contribution in [0.1, 0.15) is 36.5 Å². The molecule has 4 heteroatoms. The number of rotatable bonds is 5. The zero-order valence-corrected chi connectivity index (χ0v) is 9.31. The van der Waals surface area contributed by atoms with Gasteiger partial charge in [0.2, 0.25) is 0 Å². The van der Waals surface area contributed by atoms with Gasteiger partial charge in [-0.15, -0.1) is 0 Å². The molecule has 0 amide bonds. The second-order valence-electron chi connectivity index (χ2n) is 4.45. The van der Waals surface area contributed by atoms with Crippen LogP contribution in [-0.4, -0.2) is 22.1 Å². The number of carbonyl (C=O) groups is 1. The minimum Gasteiger partial charge on any atom is -0.478 e. The number of nitrogens with zero attached hydrogens (tertiary/aromatic N) is 1. The summed E-state index contributed by atoms with van der Waals surface area (Å²) in [7, 11) is 0. The fraction of sp³-hybridized carbons (Fsp3) is 0.500. The van der Waals surface area contributed by atoms with Crippen molar-refractivity contribution in [3.05, 3.63) is 24.0 Å². The molecule has 1 aromatic rings. The Balaban J connectivity index is 2.04. The lowest BCUT2D eigenvalue weighted by molar-refractivity contribution is 0.0697. The van der Waals surface area contributed by atoms with E-state index in [0.29, 0.717) is 11.7 Å². The highest BCUT2D eigenvalue weighted by Gasteiger charge is 2.24. The van der Waals surface area contributed by atoms with Gasteiger partial charge in [-0.05, 0) is 25.3 Å². The quantitative estimate of drug-likeness (QED) is 0.799. The Morgan fingerprint density at radius 3 is 3.06 bits per heavy atom. The molecule has 1 saturated carbocycles. The van der Waals surface area contributed by atoms with Crippen molar-refractivity contribution >= 4 is 11.7 Å². The van der Waals surface area contributed by atoms with Gasteiger partial charge in [-0.1, -0.05) is 12.8 Å². The topological polar surface area (TPSA) is 62.2 Å². The number of carboxylic acids is 1. The van der Waals surface area contributed by atoms with Crippen molar-refractivity contribution < 1.29 is 9.90 Å². The number of anilines is 1. The molecule has 2 rings (SSSR count). The van der Waals surface area contributed by atoms with E-state index in [1.165, 1.54) is 19.0 Å². The van der Waals surface area contributed by atoms with Gasteiger partial charge in [0.05, 0.1) is 5.69 Å². The first-order valence-electron chi connectivity index (χ1n) is 5.60. The van der Waals surface area contributed by atoms with Gasteiger partial charge in [0.25, 0.3) is 0 Å². The van der Waals surface area contributed by atoms with Crippen LogP contribution in [0.25, 0.3) is 0 Å². The molecule has 4 nitrogen and oxygen atoms in total. The van der Waals surface area contributed by atoms with Crippen LogP contribution in [-0.2, 0) is 0 Å². The Hall–Kier alpha value is -1.58. The van der Waals surface area contributed by atoms with Gasteiger partial charge in [-0.2, -0.15) is 0 Å². The van der Waals surface area contributed by atoms with E-state index in [4.69, 9.17) is 5.11 Å². The maximum Gasteiger partial charge on any atom is 0.339 e. The van der Waals surface area contributed by atoms with Crippen LogP contribution in [0.15, 0.2) is 18.5 Å². The summed E-state index contributed by atoms with van der Waals surface area (Å²) in [5.41, 5.74) is 0.904. The van der Waals surface area contributed by atoms with Crippen LogP contribution in [0.2, 0.25) is 0 Å². The van der Waals surface area contributed by atoms with Gasteiger partial charge in [-0.3, -0.25) is 4.98 Å². The van der Waals surface area contributed by atoms with Gasteiger partial charge < -0.3 is 10.4 Å². The van der Waals surface area contributed by atoms with Gasteiger partial charge in [0.15, 0.2) is 0 Å². The van der Waals surface area contributed by atoms with Crippen molar-refractivity contribution in [2.24, 2.45) is 5.92 Å². The molecule has 0 bridgehead atoms. The zero-order chi connectivity index (χ0) is 11.5. The van der Waals surface area contributed by atoms with Gasteiger partial charge in [0.1, 0.15) is 5.56 Å². The lowest BCUT2D eigenvalue weighted by Gasteiger charge is -2.16. The van der Waals surface area contributed by atoms with Gasteiger partial charge in [0, 0.05) is 18.4 Å². The molecular formula is C12H16N2O2. The van der Waals surface area contributed by atoms with Crippen LogP contribution >= 0.6 is 0 Å². The van der Waals surface area contributed by atoms with E-state index in [9.17, 15) is 4.79 Å². The second kappa shape index (κ2) is 4.51. The van der Waals surface area contributed by atoms with E-state index in [-0.39, 0.29) is 5.56 Å². The van der Waals surface area contributed by atoms with E-state index < -0.39 is 5.97 Å². The molecule has 0 aliphatic heterocycles. The van der Waals surface area contributed by atoms with Gasteiger partial charge >= 0.3 is 5.97 Å². The van der Waals surface area contributed by atoms with Crippen molar-refractivity contribution in [2.75, 3.05) is 5.32 Å². The Bertz CT molecular complexity index is 388. The Kier molecular flexibility index (Phi) is 3.08. The number of aromatic nitrogens is 1. The molecule has 1 aliphatic carbocycles. The van der Waals surface area contributed by atoms with E-state index in [2.05, 4.69) is 17.2 Å². The molecular weight excluding hydrogens is 204 g/mol. The zero-order valence-electron chi connectivity index (χ0n) is 9.31. The first-order chi connectivity index (χ1) is 7.66. The molecule has 1 atom stereocenters. The van der Waals surface area contributed by atoms with Crippen molar-refractivity contribution in [1.82, 2.24) is 4.98 Å². The fourth-order valence-corrected chi connectivity index (χ4v) is 1.87. The molecule has 1 unspecified atom stereocenters. The SMILES string of the molecule is CC(CC1CC1)Nc1ccncc1C(=O)O. The molecule has 0 aromatic carbocycles. The van der Waals surface area contributed by atoms with Gasteiger partial charge in [-0.25, -0.2) is 4.79 Å². The third-order valence-electron chi connectivity index (χ3n) is 2.84. The summed E-state index contributed by atoms with van der Waals surface area (Å²) in [6.45, 7) is 2.09. The monoisotopic (exact) mass is 220 g/mol. The van der Waals surface area contributed by atoms with Crippen LogP contribution in [0.3, 0.4) is 0 Å². The summed E-state index contributed by atoms with van der Waals surface area (Å²) in [6, 6.07) is 2.03. The summed E-state index contributed by atoms with van der Waals surface area (Å²) in [5.74, 6) is -0.105. The molecule has 2 N–H and O–H groups in total. The van der Waals surface area contributed by atoms with Crippen LogP contribution in [0.4, 0.5) is 5.69 Å². The van der Waals surface area contributed by atoms with Crippen LogP contribution < -0.4 is 5.32 Å². The van der Waals surface area contributed by atoms with Crippen molar-refractivity contribution in [3.8, 4) is 0 Å². The normalized spacial score (nSPS) is 16.8. The average molecular weight is 220 g/mol. The molecule has 1 fully saturated rings. The third kappa shape index (κ3) is 2.72. The molecule has 0 radical (unpaired) electrons. The van der Waals surface area contributed by atoms with Crippen LogP contribution in [0.5, 0.6) is 0 Å². The predicted molar refractivity (Wildman–Crippen MR) is 61.6 cm³/mol. The van der Waals surface area contributed by atoms with E-state index in [0.717, 1.165) is 12.3 Å². The minimum absolute atomic E-state index is 0.241. The minimum atomic E-state index is -0.936. The summed E-state index contributed by atoms with van der Waals surface area (Å²) < 4.78 is 0. The highest BCUT2D eigenvalue weighted by molar-refractivity contribution is 5.93. The fourth-order valence-electron chi connectivity index (χ4n) is 1.87. The Morgan fingerprint density at radius 1 is 1.69 bits per heavy atom. The molecule has 0 spiro atoms. The van der Waals surface area contributed by atoms with Crippen LogP contribution in [0, 0.1) is 5.92 Å². The third-order valence-corrected chi connectivity index (χ3v) is 2.84. The molecule has 1 heterocycles. The average Bonchev–Trinajstić information content (AvgIpc) is 3.02. The number of hydrogen-bond acceptors (Lipinski definition) is 3. The molecule has 0 saturated heterocycles. The standard InChI is InChI=1S/C12H16N2O2/c1-8(6-9-2-3-9)14-11-4-5-13-7-10(11)12(15)16/h4-5,7-9H,2-3,6H2,1H3,(H,13,14)(H,15,16). The number of aromatic carboxylic acids is 1. The van der Waals surface area contributed by atoms with E-state index in [1.54, 1.807) is 12.3 Å². The molecule has 1 aliphatic rings. The summed E-state index contributed by atoms with van der Waals surface area (Å²) in [6.07, 6.45) is 6.73. The lowest BCUT2D eigenvalue weighted by atomic mass is 10.1. The number of hydrogen-bond donors (Lipinski definition) is 2. The predicted octanol–water partition coefficient (Wildman–Crippen LogP) is 2.38. The van der Waals surface area contributed by atoms with Crippen molar-refractivity contribution in [3.63, 3.8) is 0 Å². The molecule has 86 valence electrons. The summed E-state index contributed by atoms with van der Waals surface area (Å²) in [4.78, 5) is 14.8. The maximum absolute atomic E-state index is 11.0. The first kappa shape index (κ1) is 10.9. The van der Waals surface area contributed by atoms with E-state index >= 15 is 0 Å². The summed E-state index contributed by atoms with van der Waals surface area (Å²) in [5, 5.41) is 12.2. The lowest BCUT2D eigenvalue weighted by Crippen LogP contribution is -2.18. The smallest absolute Gasteiger partial charge is 0.339 e. The first-order valence-corrected chi connectivity index (χ1v) is 5.60. The molecule has 16 heavy (non-hydrogen) atoms. The Labute approximate surface area is 94.7 Å². The van der Waals surface area contributed by atoms with E-state index in [1.807, 2.05) is 0 Å². The number of carboxylic acid groups (broad SMARTS) is 1. The molecule has 1 aromatic heterocycles. The number of pyridine rings is 1.